The summed E-state index contributed by atoms with van der Waals surface area (Å²) in [5.41, 5.74) is 1.35. The minimum atomic E-state index is -0.0946. The predicted octanol–water partition coefficient (Wildman–Crippen LogP) is 4.59. The summed E-state index contributed by atoms with van der Waals surface area (Å²) in [6, 6.07) is 10.5. The molecule has 2 rings (SSSR count). The molecular formula is C18H28O. The van der Waals surface area contributed by atoms with Crippen molar-refractivity contribution in [2.24, 2.45) is 11.8 Å². The Morgan fingerprint density at radius 1 is 1.11 bits per heavy atom. The SMILES string of the molecule is CCCC1CCC(C(O)CCc2ccccc2)CC1. The third-order valence-corrected chi connectivity index (χ3v) is 4.70. The number of aryl methyl sites for hydroxylation is 1. The molecule has 1 aliphatic carbocycles. The van der Waals surface area contributed by atoms with Crippen LogP contribution in [0.1, 0.15) is 57.4 Å². The van der Waals surface area contributed by atoms with Crippen LogP contribution in [-0.2, 0) is 6.42 Å². The van der Waals surface area contributed by atoms with Gasteiger partial charge in [0.05, 0.1) is 6.10 Å². The first-order valence-electron chi connectivity index (χ1n) is 8.01. The largest absolute Gasteiger partial charge is 0.393 e. The smallest absolute Gasteiger partial charge is 0.0571 e. The van der Waals surface area contributed by atoms with Crippen molar-refractivity contribution in [1.29, 1.82) is 0 Å². The van der Waals surface area contributed by atoms with Gasteiger partial charge < -0.3 is 5.11 Å². The van der Waals surface area contributed by atoms with Crippen molar-refractivity contribution in [1.82, 2.24) is 0 Å². The van der Waals surface area contributed by atoms with Gasteiger partial charge in [0.25, 0.3) is 0 Å². The molecule has 0 radical (unpaired) electrons. The Morgan fingerprint density at radius 3 is 2.42 bits per heavy atom. The van der Waals surface area contributed by atoms with Crippen molar-refractivity contribution < 1.29 is 5.11 Å². The minimum absolute atomic E-state index is 0.0946. The van der Waals surface area contributed by atoms with Gasteiger partial charge in [-0.2, -0.15) is 0 Å². The Labute approximate surface area is 118 Å². The maximum atomic E-state index is 10.4. The molecule has 1 atom stereocenters. The molecule has 1 aliphatic rings. The molecule has 19 heavy (non-hydrogen) atoms. The van der Waals surface area contributed by atoms with E-state index in [0.29, 0.717) is 5.92 Å². The quantitative estimate of drug-likeness (QED) is 0.793. The first-order valence-corrected chi connectivity index (χ1v) is 8.01. The van der Waals surface area contributed by atoms with E-state index in [-0.39, 0.29) is 6.10 Å². The summed E-state index contributed by atoms with van der Waals surface area (Å²) in [7, 11) is 0. The van der Waals surface area contributed by atoms with Gasteiger partial charge in [0, 0.05) is 0 Å². The predicted molar refractivity (Wildman–Crippen MR) is 81.1 cm³/mol. The van der Waals surface area contributed by atoms with Gasteiger partial charge in [-0.25, -0.2) is 0 Å². The number of hydrogen-bond donors (Lipinski definition) is 1. The van der Waals surface area contributed by atoms with Crippen LogP contribution in [0.15, 0.2) is 30.3 Å². The second-order valence-corrected chi connectivity index (χ2v) is 6.16. The van der Waals surface area contributed by atoms with E-state index in [0.717, 1.165) is 18.8 Å². The highest BCUT2D eigenvalue weighted by molar-refractivity contribution is 5.14. The highest BCUT2D eigenvalue weighted by atomic mass is 16.3. The summed E-state index contributed by atoms with van der Waals surface area (Å²) in [5, 5.41) is 10.4. The van der Waals surface area contributed by atoms with E-state index in [9.17, 15) is 5.11 Å². The summed E-state index contributed by atoms with van der Waals surface area (Å²) in [5.74, 6) is 1.49. The Bertz CT molecular complexity index is 338. The molecule has 0 spiro atoms. The van der Waals surface area contributed by atoms with Gasteiger partial charge in [-0.3, -0.25) is 0 Å². The van der Waals surface area contributed by atoms with Gasteiger partial charge >= 0.3 is 0 Å². The van der Waals surface area contributed by atoms with E-state index in [2.05, 4.69) is 37.3 Å². The molecule has 1 saturated carbocycles. The molecule has 1 N–H and O–H groups in total. The molecule has 0 heterocycles. The summed E-state index contributed by atoms with van der Waals surface area (Å²) >= 11 is 0. The standard InChI is InChI=1S/C18H28O/c1-2-6-15-9-12-17(13-10-15)18(19)14-11-16-7-4-3-5-8-16/h3-5,7-8,15,17-19H,2,6,9-14H2,1H3. The molecule has 0 saturated heterocycles. The Kier molecular flexibility index (Phi) is 5.91. The van der Waals surface area contributed by atoms with Crippen molar-refractivity contribution in [3.63, 3.8) is 0 Å². The van der Waals surface area contributed by atoms with Crippen molar-refractivity contribution >= 4 is 0 Å². The molecule has 1 nitrogen and oxygen atoms in total. The van der Waals surface area contributed by atoms with Crippen LogP contribution in [0.2, 0.25) is 0 Å². The van der Waals surface area contributed by atoms with E-state index >= 15 is 0 Å². The Hall–Kier alpha value is -0.820. The molecule has 0 aromatic heterocycles. The third-order valence-electron chi connectivity index (χ3n) is 4.70. The fourth-order valence-corrected chi connectivity index (χ4v) is 3.46. The van der Waals surface area contributed by atoms with Crippen LogP contribution in [0.4, 0.5) is 0 Å². The lowest BCUT2D eigenvalue weighted by Gasteiger charge is -2.31. The molecule has 106 valence electrons. The summed E-state index contributed by atoms with van der Waals surface area (Å²) in [6.45, 7) is 2.28. The maximum absolute atomic E-state index is 10.4. The molecule has 1 heteroatoms. The van der Waals surface area contributed by atoms with E-state index in [1.807, 2.05) is 0 Å². The van der Waals surface area contributed by atoms with E-state index < -0.39 is 0 Å². The van der Waals surface area contributed by atoms with E-state index in [1.165, 1.54) is 44.1 Å². The summed E-state index contributed by atoms with van der Waals surface area (Å²) in [6.07, 6.45) is 9.67. The van der Waals surface area contributed by atoms with Crippen LogP contribution in [0.3, 0.4) is 0 Å². The van der Waals surface area contributed by atoms with E-state index in [4.69, 9.17) is 0 Å². The topological polar surface area (TPSA) is 20.2 Å². The van der Waals surface area contributed by atoms with Crippen molar-refractivity contribution in [2.45, 2.75) is 64.4 Å². The molecule has 1 unspecified atom stereocenters. The highest BCUT2D eigenvalue weighted by Crippen LogP contribution is 2.34. The normalized spacial score (nSPS) is 25.2. The Balaban J connectivity index is 1.71. The number of rotatable bonds is 6. The van der Waals surface area contributed by atoms with Crippen LogP contribution < -0.4 is 0 Å². The van der Waals surface area contributed by atoms with Gasteiger partial charge in [0.2, 0.25) is 0 Å². The molecule has 0 aliphatic heterocycles. The number of hydrogen-bond acceptors (Lipinski definition) is 1. The molecule has 0 bridgehead atoms. The van der Waals surface area contributed by atoms with Gasteiger partial charge in [0.1, 0.15) is 0 Å². The van der Waals surface area contributed by atoms with Crippen molar-refractivity contribution in [3.8, 4) is 0 Å². The van der Waals surface area contributed by atoms with Crippen LogP contribution in [0.5, 0.6) is 0 Å². The summed E-state index contributed by atoms with van der Waals surface area (Å²) < 4.78 is 0. The second-order valence-electron chi connectivity index (χ2n) is 6.16. The number of aliphatic hydroxyl groups excluding tert-OH is 1. The second kappa shape index (κ2) is 7.69. The number of aliphatic hydroxyl groups is 1. The van der Waals surface area contributed by atoms with Crippen LogP contribution >= 0.6 is 0 Å². The van der Waals surface area contributed by atoms with Crippen LogP contribution in [0.25, 0.3) is 0 Å². The van der Waals surface area contributed by atoms with Gasteiger partial charge in [-0.1, -0.05) is 62.9 Å². The average molecular weight is 260 g/mol. The average Bonchev–Trinajstić information content (AvgIpc) is 2.47. The zero-order valence-electron chi connectivity index (χ0n) is 12.2. The molecule has 0 amide bonds. The van der Waals surface area contributed by atoms with Gasteiger partial charge in [0.15, 0.2) is 0 Å². The first-order chi connectivity index (χ1) is 9.29. The zero-order valence-corrected chi connectivity index (χ0v) is 12.2. The van der Waals surface area contributed by atoms with E-state index in [1.54, 1.807) is 0 Å². The number of benzene rings is 1. The highest BCUT2D eigenvalue weighted by Gasteiger charge is 2.25. The lowest BCUT2D eigenvalue weighted by atomic mass is 9.77. The maximum Gasteiger partial charge on any atom is 0.0571 e. The lowest BCUT2D eigenvalue weighted by Crippen LogP contribution is -2.26. The summed E-state index contributed by atoms with van der Waals surface area (Å²) in [4.78, 5) is 0. The monoisotopic (exact) mass is 260 g/mol. The van der Waals surface area contributed by atoms with Crippen LogP contribution in [0, 0.1) is 11.8 Å². The first kappa shape index (κ1) is 14.6. The van der Waals surface area contributed by atoms with Crippen molar-refractivity contribution in [2.75, 3.05) is 0 Å². The third kappa shape index (κ3) is 4.65. The fraction of sp³-hybridized carbons (Fsp3) is 0.667. The molecular weight excluding hydrogens is 232 g/mol. The molecule has 1 aromatic carbocycles. The fourth-order valence-electron chi connectivity index (χ4n) is 3.46. The lowest BCUT2D eigenvalue weighted by molar-refractivity contribution is 0.0660. The molecule has 1 fully saturated rings. The van der Waals surface area contributed by atoms with Gasteiger partial charge in [-0.05, 0) is 43.1 Å². The molecule has 1 aromatic rings. The van der Waals surface area contributed by atoms with Crippen molar-refractivity contribution in [3.05, 3.63) is 35.9 Å². The zero-order chi connectivity index (χ0) is 13.5. The Morgan fingerprint density at radius 2 is 1.79 bits per heavy atom. The van der Waals surface area contributed by atoms with Gasteiger partial charge in [-0.15, -0.1) is 0 Å². The minimum Gasteiger partial charge on any atom is -0.393 e. The van der Waals surface area contributed by atoms with Crippen LogP contribution in [-0.4, -0.2) is 11.2 Å².